The molecule has 7 heavy (non-hydrogen) atoms. The van der Waals surface area contributed by atoms with E-state index in [9.17, 15) is 0 Å². The summed E-state index contributed by atoms with van der Waals surface area (Å²) in [5.74, 6) is 0. The van der Waals surface area contributed by atoms with Gasteiger partial charge in [-0.2, -0.15) is 0 Å². The van der Waals surface area contributed by atoms with Gasteiger partial charge in [-0.3, -0.25) is 0 Å². The monoisotopic (exact) mass is 425 g/mol. The van der Waals surface area contributed by atoms with E-state index in [1.807, 2.05) is 0 Å². The fourth-order valence-corrected chi connectivity index (χ4v) is 0. The molecule has 0 rings (SSSR count). The summed E-state index contributed by atoms with van der Waals surface area (Å²) in [6.45, 7) is 0. The van der Waals surface area contributed by atoms with Crippen molar-refractivity contribution in [3.05, 3.63) is 0 Å². The molecule has 0 fully saturated rings. The minimum Gasteiger partial charge on any atom is 0 e. The summed E-state index contributed by atoms with van der Waals surface area (Å²) in [4.78, 5) is 0. The van der Waals surface area contributed by atoms with Crippen LogP contribution in [0.4, 0.5) is 0 Å². The van der Waals surface area contributed by atoms with Crippen LogP contribution >= 0.6 is 0 Å². The van der Waals surface area contributed by atoms with E-state index in [2.05, 4.69) is 0 Å². The first-order valence-corrected chi connectivity index (χ1v) is 0. The maximum atomic E-state index is 0. The fraction of sp³-hybridized carbons (Fsp3) is 0. The summed E-state index contributed by atoms with van der Waals surface area (Å²) in [7, 11) is 0. The van der Waals surface area contributed by atoms with Gasteiger partial charge in [0.25, 0.3) is 0 Å². The van der Waals surface area contributed by atoms with Crippen LogP contribution in [0.1, 0.15) is 0 Å². The second kappa shape index (κ2) is 88.8. The van der Waals surface area contributed by atoms with E-state index in [0.717, 1.165) is 0 Å². The first-order chi connectivity index (χ1) is 0. The summed E-state index contributed by atoms with van der Waals surface area (Å²) in [6, 6.07) is 0. The molecule has 0 aliphatic heterocycles. The first kappa shape index (κ1) is 129. The molecule has 0 spiro atoms. The van der Waals surface area contributed by atoms with Gasteiger partial charge in [0.2, 0.25) is 0 Å². The van der Waals surface area contributed by atoms with Crippen LogP contribution in [0.5, 0.6) is 0 Å². The number of hydrogen-bond donors (Lipinski definition) is 0. The molecule has 0 aromatic rings. The Morgan fingerprint density at radius 2 is 0.571 bits per heavy atom. The molecule has 4 nitrogen and oxygen atoms in total. The fourth-order valence-electron chi connectivity index (χ4n) is 0. The Morgan fingerprint density at radius 1 is 0.571 bits per heavy atom. The summed E-state index contributed by atoms with van der Waals surface area (Å²) in [6.07, 6.45) is 0. The molecule has 0 unspecified atom stereocenters. The Labute approximate surface area is 91.2 Å². The molecule has 49 valence electrons. The topological polar surface area (TPSA) is 126 Å². The van der Waals surface area contributed by atoms with Gasteiger partial charge in [-0.25, -0.2) is 0 Å². The van der Waals surface area contributed by atoms with Gasteiger partial charge in [0.15, 0.2) is 0 Å². The Hall–Kier alpha value is 2.18. The Kier molecular flexibility index (Phi) is 1640. The average molecular weight is 425 g/mol. The Bertz CT molecular complexity index is 11.7. The van der Waals surface area contributed by atoms with E-state index in [1.54, 1.807) is 0 Å². The zero-order chi connectivity index (χ0) is 0. The Morgan fingerprint density at radius 3 is 0.571 bits per heavy atom. The van der Waals surface area contributed by atoms with E-state index < -0.39 is 0 Å². The van der Waals surface area contributed by atoms with Gasteiger partial charge < -0.3 is 21.9 Å². The molecule has 0 atom stereocenters. The van der Waals surface area contributed by atoms with E-state index in [1.165, 1.54) is 0 Å². The van der Waals surface area contributed by atoms with E-state index in [4.69, 9.17) is 0 Å². The van der Waals surface area contributed by atoms with Crippen LogP contribution in [-0.2, 0) is 44.1 Å². The minimum absolute atomic E-state index is 0. The molecular formula is H11BiNbO4Ti. The molecular weight excluding hydrogens is 414 g/mol. The van der Waals surface area contributed by atoms with Crippen LogP contribution in [0, 0.1) is 0 Å². The molecule has 0 saturated carbocycles. The van der Waals surface area contributed by atoms with Crippen LogP contribution in [0.2, 0.25) is 0 Å². The van der Waals surface area contributed by atoms with Gasteiger partial charge in [0.05, 0.1) is 0 Å². The summed E-state index contributed by atoms with van der Waals surface area (Å²) < 4.78 is 0. The molecule has 0 aromatic heterocycles. The van der Waals surface area contributed by atoms with Gasteiger partial charge in [0.1, 0.15) is 0 Å². The van der Waals surface area contributed by atoms with Gasteiger partial charge in [-0.1, -0.05) is 0 Å². The molecule has 0 aliphatic rings. The zero-order valence-corrected chi connectivity index (χ0v) is 12.9. The molecule has 8 N–H and O–H groups in total. The van der Waals surface area contributed by atoms with Crippen molar-refractivity contribution in [1.82, 2.24) is 0 Å². The predicted octanol–water partition coefficient (Wildman–Crippen LogP) is -4.49. The minimum atomic E-state index is 0. The summed E-state index contributed by atoms with van der Waals surface area (Å²) >= 11 is 0. The van der Waals surface area contributed by atoms with Crippen molar-refractivity contribution in [3.8, 4) is 0 Å². The van der Waals surface area contributed by atoms with E-state index >= 15 is 0 Å². The number of rotatable bonds is 0. The van der Waals surface area contributed by atoms with Crippen molar-refractivity contribution in [2.24, 2.45) is 0 Å². The largest absolute Gasteiger partial charge is 0 e. The van der Waals surface area contributed by atoms with Crippen LogP contribution < -0.4 is 0 Å². The molecule has 1 radical (unpaired) electrons. The van der Waals surface area contributed by atoms with E-state index in [-0.39, 0.29) is 92.2 Å². The van der Waals surface area contributed by atoms with Crippen LogP contribution in [0.25, 0.3) is 0 Å². The molecule has 0 saturated heterocycles. The summed E-state index contributed by atoms with van der Waals surface area (Å²) in [5.41, 5.74) is 0. The normalized spacial score (nSPS) is 0. The van der Waals surface area contributed by atoms with Crippen molar-refractivity contribution >= 4 is 26.2 Å². The van der Waals surface area contributed by atoms with Crippen molar-refractivity contribution in [2.45, 2.75) is 0 Å². The van der Waals surface area contributed by atoms with Crippen molar-refractivity contribution in [2.75, 3.05) is 0 Å². The quantitative estimate of drug-likeness (QED) is 0.348. The maximum absolute atomic E-state index is 0. The van der Waals surface area contributed by atoms with Crippen LogP contribution in [0.15, 0.2) is 0 Å². The first-order valence-electron chi connectivity index (χ1n) is 0. The van der Waals surface area contributed by atoms with Crippen LogP contribution in [0.3, 0.4) is 0 Å². The average Bonchev–Trinajstić information content (AvgIpc) is 0. The van der Waals surface area contributed by atoms with Gasteiger partial charge >= 0.3 is 26.2 Å². The second-order valence-electron chi connectivity index (χ2n) is 0. The van der Waals surface area contributed by atoms with Crippen molar-refractivity contribution in [3.63, 3.8) is 0 Å². The van der Waals surface area contributed by atoms with Gasteiger partial charge in [-0.05, 0) is 0 Å². The molecule has 7 heteroatoms. The molecule has 0 amide bonds. The third kappa shape index (κ3) is 65.8. The standard InChI is InChI=1S/Bi.Nb.4H2O.Ti.3H/h;;4*1H2;;;;. The Balaban J connectivity index is 0. The smallest absolute Gasteiger partial charge is 0 e. The maximum Gasteiger partial charge on any atom is 0 e. The predicted molar refractivity (Wildman–Crippen MR) is 24.4 cm³/mol. The van der Waals surface area contributed by atoms with E-state index in [0.29, 0.717) is 0 Å². The van der Waals surface area contributed by atoms with Gasteiger partial charge in [-0.15, -0.1) is 0 Å². The third-order valence-electron chi connectivity index (χ3n) is 0. The second-order valence-corrected chi connectivity index (χ2v) is 0. The molecule has 0 bridgehead atoms. The zero-order valence-electron chi connectivity index (χ0n) is 3.65. The SMILES string of the molecule is O.O.O.O.[BiH3].[Nb].[Ti]. The van der Waals surface area contributed by atoms with Crippen LogP contribution in [-0.4, -0.2) is 48.1 Å². The molecule has 0 heterocycles. The van der Waals surface area contributed by atoms with Crippen molar-refractivity contribution in [1.29, 1.82) is 0 Å². The van der Waals surface area contributed by atoms with Gasteiger partial charge in [0, 0.05) is 44.1 Å². The van der Waals surface area contributed by atoms with Crippen molar-refractivity contribution < 1.29 is 66.0 Å². The summed E-state index contributed by atoms with van der Waals surface area (Å²) in [5, 5.41) is 0. The molecule has 0 aliphatic carbocycles. The molecule has 0 aromatic carbocycles. The third-order valence-corrected chi connectivity index (χ3v) is 0. The number of hydrogen-bond acceptors (Lipinski definition) is 0.